The lowest BCUT2D eigenvalue weighted by Gasteiger charge is -2.08. The molecular formula is C13H7Cl4NO2. The molecule has 0 unspecified atom stereocenters. The van der Waals surface area contributed by atoms with Crippen LogP contribution in [0.4, 0.5) is 0 Å². The molecule has 20 heavy (non-hydrogen) atoms. The maximum Gasteiger partial charge on any atom is 0.307 e. The van der Waals surface area contributed by atoms with Gasteiger partial charge in [0.15, 0.2) is 0 Å². The van der Waals surface area contributed by atoms with E-state index in [1.165, 1.54) is 6.20 Å². The van der Waals surface area contributed by atoms with Gasteiger partial charge in [0.2, 0.25) is 0 Å². The maximum atomic E-state index is 10.8. The third kappa shape index (κ3) is 3.36. The van der Waals surface area contributed by atoms with E-state index >= 15 is 0 Å². The van der Waals surface area contributed by atoms with Crippen LogP contribution in [0.25, 0.3) is 11.1 Å². The molecule has 0 saturated heterocycles. The van der Waals surface area contributed by atoms with E-state index in [0.717, 1.165) is 0 Å². The molecule has 2 aromatic rings. The minimum atomic E-state index is -0.988. The largest absolute Gasteiger partial charge is 0.481 e. The van der Waals surface area contributed by atoms with E-state index in [2.05, 4.69) is 4.98 Å². The van der Waals surface area contributed by atoms with E-state index in [0.29, 0.717) is 26.7 Å². The van der Waals surface area contributed by atoms with E-state index in [9.17, 15) is 4.79 Å². The van der Waals surface area contributed by atoms with Crippen molar-refractivity contribution >= 4 is 52.4 Å². The average molecular weight is 351 g/mol. The molecule has 1 aromatic heterocycles. The molecule has 0 aliphatic heterocycles. The Morgan fingerprint density at radius 2 is 1.65 bits per heavy atom. The summed E-state index contributed by atoms with van der Waals surface area (Å²) in [5, 5.41) is 9.87. The van der Waals surface area contributed by atoms with Crippen LogP contribution in [-0.2, 0) is 11.2 Å². The number of benzene rings is 1. The van der Waals surface area contributed by atoms with Gasteiger partial charge in [-0.15, -0.1) is 0 Å². The van der Waals surface area contributed by atoms with Gasteiger partial charge in [-0.2, -0.15) is 0 Å². The summed E-state index contributed by atoms with van der Waals surface area (Å²) in [6.45, 7) is 0. The maximum absolute atomic E-state index is 10.8. The van der Waals surface area contributed by atoms with Crippen LogP contribution >= 0.6 is 46.4 Å². The minimum absolute atomic E-state index is 0.155. The first-order valence-corrected chi connectivity index (χ1v) is 6.91. The van der Waals surface area contributed by atoms with Gasteiger partial charge in [0.1, 0.15) is 5.15 Å². The third-order valence-electron chi connectivity index (χ3n) is 2.57. The average Bonchev–Trinajstić information content (AvgIpc) is 2.37. The van der Waals surface area contributed by atoms with Gasteiger partial charge >= 0.3 is 5.97 Å². The van der Waals surface area contributed by atoms with Crippen LogP contribution in [0.1, 0.15) is 5.56 Å². The number of rotatable bonds is 3. The Morgan fingerprint density at radius 3 is 2.20 bits per heavy atom. The Kier molecular flexibility index (Phi) is 4.76. The highest BCUT2D eigenvalue weighted by Gasteiger charge is 2.11. The highest BCUT2D eigenvalue weighted by atomic mass is 35.5. The second-order valence-electron chi connectivity index (χ2n) is 4.00. The van der Waals surface area contributed by atoms with Crippen molar-refractivity contribution in [2.45, 2.75) is 6.42 Å². The third-order valence-corrected chi connectivity index (χ3v) is 4.11. The number of carboxylic acid groups (broad SMARTS) is 1. The molecule has 0 saturated carbocycles. The number of aliphatic carboxylic acids is 1. The first-order chi connectivity index (χ1) is 9.38. The number of halogens is 4. The molecule has 3 nitrogen and oxygen atoms in total. The minimum Gasteiger partial charge on any atom is -0.481 e. The number of hydrogen-bond acceptors (Lipinski definition) is 2. The fourth-order valence-corrected chi connectivity index (χ4v) is 2.43. The SMILES string of the molecule is O=C(O)Cc1cc(-c2cc(Cl)c(Cl)c(Cl)c2)cnc1Cl. The van der Waals surface area contributed by atoms with Crippen LogP contribution in [0.2, 0.25) is 20.2 Å². The zero-order chi connectivity index (χ0) is 14.9. The summed E-state index contributed by atoms with van der Waals surface area (Å²) in [4.78, 5) is 14.7. The van der Waals surface area contributed by atoms with Crippen molar-refractivity contribution in [3.05, 3.63) is 50.2 Å². The van der Waals surface area contributed by atoms with E-state index < -0.39 is 5.97 Å². The number of aromatic nitrogens is 1. The lowest BCUT2D eigenvalue weighted by Crippen LogP contribution is -2.02. The first-order valence-electron chi connectivity index (χ1n) is 5.39. The van der Waals surface area contributed by atoms with Gasteiger partial charge in [-0.3, -0.25) is 4.79 Å². The van der Waals surface area contributed by atoms with Gasteiger partial charge in [0.05, 0.1) is 21.5 Å². The van der Waals surface area contributed by atoms with Crippen molar-refractivity contribution in [2.75, 3.05) is 0 Å². The predicted octanol–water partition coefficient (Wildman–Crippen LogP) is 4.99. The van der Waals surface area contributed by atoms with Gasteiger partial charge < -0.3 is 5.11 Å². The fraction of sp³-hybridized carbons (Fsp3) is 0.0769. The van der Waals surface area contributed by atoms with Crippen LogP contribution in [0.5, 0.6) is 0 Å². The normalized spacial score (nSPS) is 10.6. The van der Waals surface area contributed by atoms with Crippen LogP contribution in [-0.4, -0.2) is 16.1 Å². The molecule has 0 amide bonds. The summed E-state index contributed by atoms with van der Waals surface area (Å²) in [7, 11) is 0. The van der Waals surface area contributed by atoms with E-state index in [-0.39, 0.29) is 16.6 Å². The Labute approximate surface area is 135 Å². The molecule has 0 atom stereocenters. The summed E-state index contributed by atoms with van der Waals surface area (Å²) in [6.07, 6.45) is 1.30. The summed E-state index contributed by atoms with van der Waals surface area (Å²) < 4.78 is 0. The molecule has 104 valence electrons. The van der Waals surface area contributed by atoms with E-state index in [1.54, 1.807) is 18.2 Å². The summed E-state index contributed by atoms with van der Waals surface area (Å²) >= 11 is 23.7. The Morgan fingerprint density at radius 1 is 1.05 bits per heavy atom. The number of hydrogen-bond donors (Lipinski definition) is 1. The highest BCUT2D eigenvalue weighted by Crippen LogP contribution is 2.35. The van der Waals surface area contributed by atoms with Crippen LogP contribution < -0.4 is 0 Å². The second kappa shape index (κ2) is 6.19. The number of carbonyl (C=O) groups is 1. The lowest BCUT2D eigenvalue weighted by molar-refractivity contribution is -0.136. The predicted molar refractivity (Wildman–Crippen MR) is 81.1 cm³/mol. The summed E-state index contributed by atoms with van der Waals surface area (Å²) in [5.41, 5.74) is 1.75. The molecule has 7 heteroatoms. The monoisotopic (exact) mass is 349 g/mol. The van der Waals surface area contributed by atoms with Gasteiger partial charge in [-0.1, -0.05) is 46.4 Å². The number of nitrogens with zero attached hydrogens (tertiary/aromatic N) is 1. The topological polar surface area (TPSA) is 50.2 Å². The van der Waals surface area contributed by atoms with Crippen molar-refractivity contribution in [3.63, 3.8) is 0 Å². The molecule has 0 spiro atoms. The molecule has 0 fully saturated rings. The Balaban J connectivity index is 2.50. The fourth-order valence-electron chi connectivity index (χ4n) is 1.66. The Bertz CT molecular complexity index is 665. The number of carboxylic acids is 1. The smallest absolute Gasteiger partial charge is 0.307 e. The molecule has 0 radical (unpaired) electrons. The van der Waals surface area contributed by atoms with E-state index in [1.807, 2.05) is 0 Å². The van der Waals surface area contributed by atoms with Gasteiger partial charge in [0, 0.05) is 17.3 Å². The first kappa shape index (κ1) is 15.4. The number of pyridine rings is 1. The Hall–Kier alpha value is -1.00. The molecule has 0 aliphatic rings. The molecule has 2 rings (SSSR count). The van der Waals surface area contributed by atoms with Crippen LogP contribution in [0.3, 0.4) is 0 Å². The van der Waals surface area contributed by atoms with Crippen LogP contribution in [0.15, 0.2) is 24.4 Å². The van der Waals surface area contributed by atoms with Crippen molar-refractivity contribution in [1.82, 2.24) is 4.98 Å². The molecule has 1 aromatic carbocycles. The van der Waals surface area contributed by atoms with Gasteiger partial charge in [-0.05, 0) is 23.8 Å². The lowest BCUT2D eigenvalue weighted by atomic mass is 10.0. The van der Waals surface area contributed by atoms with Gasteiger partial charge in [0.25, 0.3) is 0 Å². The van der Waals surface area contributed by atoms with Crippen molar-refractivity contribution in [1.29, 1.82) is 0 Å². The van der Waals surface area contributed by atoms with Crippen molar-refractivity contribution in [3.8, 4) is 11.1 Å². The zero-order valence-electron chi connectivity index (χ0n) is 9.83. The molecule has 0 bridgehead atoms. The van der Waals surface area contributed by atoms with Crippen LogP contribution in [0, 0.1) is 0 Å². The second-order valence-corrected chi connectivity index (χ2v) is 5.55. The summed E-state index contributed by atoms with van der Waals surface area (Å²) in [5.74, 6) is -0.988. The standard InChI is InChI=1S/C13H7Cl4NO2/c14-9-2-6(3-10(15)12(9)16)8-1-7(4-11(19)20)13(17)18-5-8/h1-3,5H,4H2,(H,19,20). The highest BCUT2D eigenvalue weighted by molar-refractivity contribution is 6.48. The van der Waals surface area contributed by atoms with E-state index in [4.69, 9.17) is 51.5 Å². The van der Waals surface area contributed by atoms with Crippen molar-refractivity contribution < 1.29 is 9.90 Å². The van der Waals surface area contributed by atoms with Gasteiger partial charge in [-0.25, -0.2) is 4.98 Å². The zero-order valence-corrected chi connectivity index (χ0v) is 12.9. The molecule has 0 aliphatic carbocycles. The van der Waals surface area contributed by atoms with Crippen molar-refractivity contribution in [2.24, 2.45) is 0 Å². The summed E-state index contributed by atoms with van der Waals surface area (Å²) in [6, 6.07) is 4.90. The molecule has 1 heterocycles. The quantitative estimate of drug-likeness (QED) is 0.626. The molecular weight excluding hydrogens is 344 g/mol. The molecule has 1 N–H and O–H groups in total.